The molecule has 6 aromatic rings. The first-order valence-corrected chi connectivity index (χ1v) is 30.8. The molecule has 544 valence electrons. The number of carboxylic acid groups (broad SMARTS) is 1. The predicted octanol–water partition coefficient (Wildman–Crippen LogP) is 11.9. The molecule has 101 heavy (non-hydrogen) atoms. The number of carbonyl (C=O) groups excluding carboxylic acids is 5. The van der Waals surface area contributed by atoms with E-state index in [-0.39, 0.29) is 74.2 Å². The van der Waals surface area contributed by atoms with Crippen molar-refractivity contribution in [1.29, 1.82) is 0 Å². The number of halogens is 7. The van der Waals surface area contributed by atoms with Gasteiger partial charge in [0.15, 0.2) is 17.4 Å². The van der Waals surface area contributed by atoms with E-state index < -0.39 is 87.3 Å². The molecular weight excluding hydrogens is 1370 g/mol. The Morgan fingerprint density at radius 3 is 1.45 bits per heavy atom. The number of aromatic carboxylic acids is 1. The first kappa shape index (κ1) is 78.9. The molecule has 4 aliphatic rings. The monoisotopic (exact) mass is 1440 g/mol. The second kappa shape index (κ2) is 34.6. The molecular formula is C64H71ClF6N12O18. The number of nitrogen functional groups attached to an aromatic ring is 1. The largest absolute Gasteiger partial charge is 0.502 e. The van der Waals surface area contributed by atoms with E-state index in [0.29, 0.717) is 30.6 Å². The van der Waals surface area contributed by atoms with E-state index in [1.807, 2.05) is 27.7 Å². The number of nitrogens with one attached hydrogen (secondary N) is 1. The summed E-state index contributed by atoms with van der Waals surface area (Å²) in [5, 5.41) is 42.3. The Kier molecular flexibility index (Phi) is 27.1. The number of aromatic hydroxyl groups is 1. The van der Waals surface area contributed by atoms with Crippen molar-refractivity contribution in [3.63, 3.8) is 0 Å². The number of nitro groups is 2. The molecule has 0 saturated heterocycles. The summed E-state index contributed by atoms with van der Waals surface area (Å²) < 4.78 is 99.5. The number of anilines is 7. The Labute approximate surface area is 577 Å². The Balaban J connectivity index is 0.000000209. The highest BCUT2D eigenvalue weighted by Gasteiger charge is 2.43. The summed E-state index contributed by atoms with van der Waals surface area (Å²) in [5.74, 6) is -3.66. The van der Waals surface area contributed by atoms with E-state index in [2.05, 4.69) is 63.5 Å². The highest BCUT2D eigenvalue weighted by atomic mass is 35.5. The molecule has 0 spiro atoms. The van der Waals surface area contributed by atoms with Crippen molar-refractivity contribution in [1.82, 2.24) is 19.9 Å². The second-order valence-corrected chi connectivity index (χ2v) is 24.1. The Bertz CT molecular complexity index is 4020. The molecule has 5 N–H and O–H groups in total. The van der Waals surface area contributed by atoms with Gasteiger partial charge in [-0.25, -0.2) is 29.1 Å². The second-order valence-electron chi connectivity index (χ2n) is 23.8. The number of carbonyl (C=O) groups is 6. The van der Waals surface area contributed by atoms with Gasteiger partial charge in [-0.1, -0.05) is 25.7 Å². The molecule has 2 aromatic heterocycles. The molecule has 2 aliphatic carbocycles. The van der Waals surface area contributed by atoms with Gasteiger partial charge in [0, 0.05) is 63.5 Å². The minimum atomic E-state index is -3.22. The van der Waals surface area contributed by atoms with Gasteiger partial charge in [-0.05, 0) is 114 Å². The summed E-state index contributed by atoms with van der Waals surface area (Å²) in [6.07, 6.45) is 12.1. The molecule has 2 saturated carbocycles. The molecule has 2 amide bonds. The van der Waals surface area contributed by atoms with Gasteiger partial charge in [0.2, 0.25) is 28.8 Å². The van der Waals surface area contributed by atoms with Crippen molar-refractivity contribution in [3.05, 3.63) is 133 Å². The molecule has 37 heteroatoms. The number of phenolic OH excluding ortho intramolecular Hbond substituents is 1. The van der Waals surface area contributed by atoms with Gasteiger partial charge >= 0.3 is 55.1 Å². The van der Waals surface area contributed by atoms with Crippen LogP contribution in [0.15, 0.2) is 85.2 Å². The summed E-state index contributed by atoms with van der Waals surface area (Å²) in [4.78, 5) is 114. The van der Waals surface area contributed by atoms with Crippen molar-refractivity contribution in [2.75, 3.05) is 79.2 Å². The molecule has 10 rings (SSSR count). The number of alkyl halides is 6. The van der Waals surface area contributed by atoms with Crippen LogP contribution < -0.4 is 44.9 Å². The van der Waals surface area contributed by atoms with E-state index in [4.69, 9.17) is 22.4 Å². The number of hydrogen-bond acceptors (Lipinski definition) is 25. The van der Waals surface area contributed by atoms with Crippen LogP contribution in [0.5, 0.6) is 23.0 Å². The van der Waals surface area contributed by atoms with Crippen LogP contribution in [0.3, 0.4) is 0 Å². The van der Waals surface area contributed by atoms with E-state index in [1.54, 1.807) is 30.1 Å². The molecule has 0 atom stereocenters. The number of rotatable bonds is 16. The van der Waals surface area contributed by atoms with Crippen LogP contribution in [-0.2, 0) is 23.8 Å². The molecule has 2 fully saturated rings. The summed E-state index contributed by atoms with van der Waals surface area (Å²) in [7, 11) is 6.94. The number of aromatic nitrogens is 4. The van der Waals surface area contributed by atoms with Crippen LogP contribution in [0.1, 0.15) is 120 Å². The number of nitro benzene ring substituents is 2. The highest BCUT2D eigenvalue weighted by Crippen LogP contribution is 2.43. The van der Waals surface area contributed by atoms with Crippen LogP contribution in [0, 0.1) is 31.1 Å². The minimum Gasteiger partial charge on any atom is -0.502 e. The molecule has 30 nitrogen and oxygen atoms in total. The number of benzene rings is 4. The van der Waals surface area contributed by atoms with Crippen LogP contribution in [0.2, 0.25) is 5.28 Å². The van der Waals surface area contributed by atoms with Crippen molar-refractivity contribution >= 4 is 99.0 Å². The van der Waals surface area contributed by atoms with Gasteiger partial charge in [0.05, 0.1) is 88.0 Å². The Hall–Kier alpha value is -11.1. The number of nitrogens with zero attached hydrogens (tertiary/aromatic N) is 10. The highest BCUT2D eigenvalue weighted by molar-refractivity contribution is 6.28. The lowest BCUT2D eigenvalue weighted by Crippen LogP contribution is -2.45. The SMILES string of the molecule is CN1C(=O)C(C)(C)CN(C2CCCC2)c2nc(Cl)ncc21.CN1C(=O)C(C)(C)CN(C2CCCC2)c2nc(Nc3ccc(C(=O)O)cc3OC(F)F)ncc21.COC(=O)c1ccc(N)c(OC(F)F)c1.COC(=O)c1ccc([N+](=O)[O-])c(O)c1.COC(=O)c1ccc([N+](=O)[O-])c(OC(F)F)c1. The third kappa shape index (κ3) is 20.5. The molecule has 4 aromatic carbocycles. The van der Waals surface area contributed by atoms with E-state index >= 15 is 0 Å². The first-order chi connectivity index (χ1) is 47.5. The maximum absolute atomic E-state index is 13.1. The number of nitrogens with two attached hydrogens (primary N) is 1. The lowest BCUT2D eigenvalue weighted by atomic mass is 9.91. The maximum Gasteiger partial charge on any atom is 0.387 e. The standard InChI is InChI=1S/C23H27F2N5O4.C15H21ClN4O.C9H7F2NO5.C9H9F2NO3.C8H7NO5/c1-23(2)12-30(14-6-4-5-7-14)18-16(29(3)20(23)33)11-26-22(28-18)27-15-9-8-13(19(31)32)10-17(15)34-21(24)25;1-15(2)9-20(10-6-4-5-7-10)12-11(19(3)13(15)21)8-17-14(16)18-12;1-16-8(13)5-2-3-6(12(14)15)7(4-5)17-9(10)11;1-14-8(13)5-2-3-6(12)7(4-5)15-9(10)11;1-14-8(11)5-2-3-6(9(12)13)7(10)4-5/h8-11,14,21H,4-7,12H2,1-3H3,(H,31,32)(H,26,27,28);8,10H,4-7,9H2,1-3H3;2-4,9H,1H3;2-4,9H,12H2,1H3;2-4,10H,1H3. The number of esters is 3. The molecule has 4 heterocycles. The smallest absolute Gasteiger partial charge is 0.387 e. The predicted molar refractivity (Wildman–Crippen MR) is 352 cm³/mol. The molecule has 0 unspecified atom stereocenters. The van der Waals surface area contributed by atoms with Crippen LogP contribution in [0.25, 0.3) is 0 Å². The van der Waals surface area contributed by atoms with Gasteiger partial charge in [0.1, 0.15) is 22.9 Å². The van der Waals surface area contributed by atoms with E-state index in [1.165, 1.54) is 63.6 Å². The van der Waals surface area contributed by atoms with Gasteiger partial charge in [-0.3, -0.25) is 29.8 Å². The summed E-state index contributed by atoms with van der Waals surface area (Å²) in [6, 6.07) is 14.1. The van der Waals surface area contributed by atoms with E-state index in [9.17, 15) is 80.4 Å². The summed E-state index contributed by atoms with van der Waals surface area (Å²) >= 11 is 6.00. The molecule has 0 bridgehead atoms. The Morgan fingerprint density at radius 1 is 0.604 bits per heavy atom. The van der Waals surface area contributed by atoms with Crippen LogP contribution in [-0.4, -0.2) is 156 Å². The quantitative estimate of drug-likeness (QED) is 0.0133. The van der Waals surface area contributed by atoms with Gasteiger partial charge in [0.25, 0.3) is 0 Å². The number of fused-ring (bicyclic) bond motifs is 2. The van der Waals surface area contributed by atoms with E-state index in [0.717, 1.165) is 99.6 Å². The van der Waals surface area contributed by atoms with Crippen molar-refractivity contribution in [3.8, 4) is 23.0 Å². The van der Waals surface area contributed by atoms with Gasteiger partial charge < -0.3 is 69.3 Å². The van der Waals surface area contributed by atoms with Gasteiger partial charge in [-0.2, -0.15) is 36.3 Å². The molecule has 2 aliphatic heterocycles. The Morgan fingerprint density at radius 2 is 1.00 bits per heavy atom. The zero-order valence-electron chi connectivity index (χ0n) is 55.7. The number of carboxylic acids is 1. The van der Waals surface area contributed by atoms with Crippen LogP contribution >= 0.6 is 11.6 Å². The number of ether oxygens (including phenoxy) is 6. The lowest BCUT2D eigenvalue weighted by molar-refractivity contribution is -0.386. The van der Waals surface area contributed by atoms with Gasteiger partial charge in [-0.15, -0.1) is 0 Å². The maximum atomic E-state index is 13.1. The number of hydrogen-bond donors (Lipinski definition) is 4. The first-order valence-electron chi connectivity index (χ1n) is 30.4. The number of amides is 2. The fraction of sp³-hybridized carbons (Fsp3) is 0.406. The average molecular weight is 1450 g/mol. The van der Waals surface area contributed by atoms with Crippen molar-refractivity contribution < 1.29 is 104 Å². The normalized spacial score (nSPS) is 15.3. The zero-order valence-corrected chi connectivity index (χ0v) is 56.4. The summed E-state index contributed by atoms with van der Waals surface area (Å²) in [6.45, 7) is -0.393. The van der Waals surface area contributed by atoms with Crippen molar-refractivity contribution in [2.45, 2.75) is 111 Å². The average Bonchev–Trinajstić information content (AvgIpc) is 1.65. The minimum absolute atomic E-state index is 0.0305. The van der Waals surface area contributed by atoms with Crippen molar-refractivity contribution in [2.24, 2.45) is 10.8 Å². The third-order valence-electron chi connectivity index (χ3n) is 15.9. The number of methoxy groups -OCH3 is 3. The van der Waals surface area contributed by atoms with Crippen LogP contribution in [0.4, 0.5) is 78.1 Å². The molecule has 0 radical (unpaired) electrons. The topological polar surface area (TPSA) is 387 Å². The fourth-order valence-corrected chi connectivity index (χ4v) is 11.2. The third-order valence-corrected chi connectivity index (χ3v) is 16.1. The zero-order chi connectivity index (χ0) is 75.0. The summed E-state index contributed by atoms with van der Waals surface area (Å²) in [5.41, 5.74) is 4.47. The fourth-order valence-electron chi connectivity index (χ4n) is 11.0. The number of phenols is 1. The lowest BCUT2D eigenvalue weighted by Gasteiger charge is -2.34.